The molecule has 0 radical (unpaired) electrons. The maximum absolute atomic E-state index is 5.61. The molecule has 3 rings (SSSR count). The Kier molecular flexibility index (Phi) is 2.08. The first-order valence-electron chi connectivity index (χ1n) is 5.27. The number of aromatic nitrogens is 1. The van der Waals surface area contributed by atoms with Crippen LogP contribution >= 0.6 is 0 Å². The van der Waals surface area contributed by atoms with E-state index in [0.29, 0.717) is 6.54 Å². The minimum absolute atomic E-state index is 0.471. The van der Waals surface area contributed by atoms with Crippen molar-refractivity contribution >= 4 is 21.7 Å². The van der Waals surface area contributed by atoms with Crippen LogP contribution in [0.15, 0.2) is 42.5 Å². The van der Waals surface area contributed by atoms with Crippen LogP contribution in [0.1, 0.15) is 5.69 Å². The molecule has 0 unspecified atom stereocenters. The van der Waals surface area contributed by atoms with Crippen molar-refractivity contribution in [2.75, 3.05) is 0 Å². The summed E-state index contributed by atoms with van der Waals surface area (Å²) in [7, 11) is 0. The number of pyridine rings is 1. The highest BCUT2D eigenvalue weighted by molar-refractivity contribution is 6.04. The standard InChI is InChI=1S/C14H11N2/c15-9-12-8-7-11-6-5-10-3-1-2-4-13(10)14(11)16-12/h1-3,5-8H,9,15H2/q-1. The van der Waals surface area contributed by atoms with Gasteiger partial charge in [0.15, 0.2) is 0 Å². The van der Waals surface area contributed by atoms with Crippen LogP contribution in [0.5, 0.6) is 0 Å². The molecule has 78 valence electrons. The highest BCUT2D eigenvalue weighted by Gasteiger charge is 1.96. The minimum atomic E-state index is 0.471. The first-order valence-corrected chi connectivity index (χ1v) is 5.27. The van der Waals surface area contributed by atoms with Crippen LogP contribution in [0.4, 0.5) is 0 Å². The van der Waals surface area contributed by atoms with Crippen LogP contribution in [-0.4, -0.2) is 4.98 Å². The Balaban J connectivity index is 2.47. The van der Waals surface area contributed by atoms with Gasteiger partial charge in [-0.05, 0) is 17.0 Å². The molecule has 2 N–H and O–H groups in total. The van der Waals surface area contributed by atoms with Crippen LogP contribution in [-0.2, 0) is 6.54 Å². The Labute approximate surface area is 93.7 Å². The van der Waals surface area contributed by atoms with Gasteiger partial charge in [0.1, 0.15) is 0 Å². The van der Waals surface area contributed by atoms with Gasteiger partial charge >= 0.3 is 0 Å². The normalized spacial score (nSPS) is 11.1. The van der Waals surface area contributed by atoms with Crippen molar-refractivity contribution in [3.05, 3.63) is 54.2 Å². The summed E-state index contributed by atoms with van der Waals surface area (Å²) in [5.41, 5.74) is 7.51. The van der Waals surface area contributed by atoms with E-state index in [1.165, 1.54) is 0 Å². The lowest BCUT2D eigenvalue weighted by Crippen LogP contribution is -1.99. The zero-order valence-corrected chi connectivity index (χ0v) is 8.77. The van der Waals surface area contributed by atoms with Crippen LogP contribution in [0.25, 0.3) is 21.7 Å². The lowest BCUT2D eigenvalue weighted by molar-refractivity contribution is 1.01. The number of hydrogen-bond acceptors (Lipinski definition) is 2. The molecule has 2 aromatic carbocycles. The lowest BCUT2D eigenvalue weighted by Gasteiger charge is -2.10. The van der Waals surface area contributed by atoms with Gasteiger partial charge in [0.25, 0.3) is 0 Å². The first-order chi connectivity index (χ1) is 7.88. The molecule has 0 amide bonds. The van der Waals surface area contributed by atoms with Gasteiger partial charge in [0.2, 0.25) is 0 Å². The Bertz CT molecular complexity index is 659. The summed E-state index contributed by atoms with van der Waals surface area (Å²) in [5, 5.41) is 3.36. The smallest absolute Gasteiger partial charge is 0.0433 e. The molecular formula is C14H11N2-. The SMILES string of the molecule is NCc1ccc2ccc3ccc[c-]c3c2n1. The van der Waals surface area contributed by atoms with E-state index in [0.717, 1.165) is 27.4 Å². The van der Waals surface area contributed by atoms with E-state index in [9.17, 15) is 0 Å². The Morgan fingerprint density at radius 3 is 2.75 bits per heavy atom. The van der Waals surface area contributed by atoms with Gasteiger partial charge in [-0.3, -0.25) is 4.98 Å². The molecule has 0 aliphatic rings. The van der Waals surface area contributed by atoms with E-state index in [-0.39, 0.29) is 0 Å². The molecule has 1 aromatic heterocycles. The van der Waals surface area contributed by atoms with Gasteiger partial charge in [0.05, 0.1) is 0 Å². The van der Waals surface area contributed by atoms with Crippen LogP contribution in [0.3, 0.4) is 0 Å². The molecule has 3 aromatic rings. The number of nitrogens with two attached hydrogens (primary N) is 1. The Morgan fingerprint density at radius 2 is 1.88 bits per heavy atom. The molecule has 2 heteroatoms. The highest BCUT2D eigenvalue weighted by Crippen LogP contribution is 2.23. The third-order valence-corrected chi connectivity index (χ3v) is 2.76. The average molecular weight is 207 g/mol. The zero-order valence-electron chi connectivity index (χ0n) is 8.77. The van der Waals surface area contributed by atoms with Crippen LogP contribution in [0, 0.1) is 6.07 Å². The van der Waals surface area contributed by atoms with E-state index >= 15 is 0 Å². The summed E-state index contributed by atoms with van der Waals surface area (Å²) in [6.45, 7) is 0.471. The molecule has 0 aliphatic heterocycles. The van der Waals surface area contributed by atoms with E-state index in [1.54, 1.807) is 0 Å². The molecule has 0 saturated carbocycles. The molecule has 0 atom stereocenters. The Hall–Kier alpha value is -1.93. The van der Waals surface area contributed by atoms with Crippen LogP contribution < -0.4 is 5.73 Å². The predicted octanol–water partition coefficient (Wildman–Crippen LogP) is 2.65. The molecule has 0 bridgehead atoms. The average Bonchev–Trinajstić information content (AvgIpc) is 2.38. The summed E-state index contributed by atoms with van der Waals surface area (Å²) >= 11 is 0. The molecule has 0 spiro atoms. The fourth-order valence-electron chi connectivity index (χ4n) is 1.93. The van der Waals surface area contributed by atoms with Crippen molar-refractivity contribution in [1.29, 1.82) is 0 Å². The van der Waals surface area contributed by atoms with Gasteiger partial charge in [-0.2, -0.15) is 0 Å². The maximum Gasteiger partial charge on any atom is 0.0433 e. The van der Waals surface area contributed by atoms with Crippen LogP contribution in [0.2, 0.25) is 0 Å². The van der Waals surface area contributed by atoms with E-state index in [2.05, 4.69) is 35.3 Å². The van der Waals surface area contributed by atoms with Gasteiger partial charge in [0, 0.05) is 12.2 Å². The van der Waals surface area contributed by atoms with Gasteiger partial charge in [-0.25, -0.2) is 0 Å². The van der Waals surface area contributed by atoms with Crippen molar-refractivity contribution in [3.8, 4) is 0 Å². The fourth-order valence-corrected chi connectivity index (χ4v) is 1.93. The van der Waals surface area contributed by atoms with E-state index < -0.39 is 0 Å². The molecular weight excluding hydrogens is 196 g/mol. The minimum Gasteiger partial charge on any atom is -0.325 e. The summed E-state index contributed by atoms with van der Waals surface area (Å²) < 4.78 is 0. The second-order valence-electron chi connectivity index (χ2n) is 3.78. The van der Waals surface area contributed by atoms with Crippen molar-refractivity contribution in [3.63, 3.8) is 0 Å². The number of benzene rings is 2. The third-order valence-electron chi connectivity index (χ3n) is 2.76. The molecule has 0 fully saturated rings. The molecule has 2 nitrogen and oxygen atoms in total. The Morgan fingerprint density at radius 1 is 1.06 bits per heavy atom. The number of rotatable bonds is 1. The lowest BCUT2D eigenvalue weighted by atomic mass is 10.1. The first kappa shape index (κ1) is 9.31. The summed E-state index contributed by atoms with van der Waals surface area (Å²) in [6.07, 6.45) is 0. The summed E-state index contributed by atoms with van der Waals surface area (Å²) in [4.78, 5) is 4.57. The van der Waals surface area contributed by atoms with E-state index in [1.807, 2.05) is 18.2 Å². The van der Waals surface area contributed by atoms with Crippen molar-refractivity contribution < 1.29 is 0 Å². The highest BCUT2D eigenvalue weighted by atomic mass is 14.7. The molecule has 0 aliphatic carbocycles. The van der Waals surface area contributed by atoms with Crippen molar-refractivity contribution in [2.24, 2.45) is 5.73 Å². The van der Waals surface area contributed by atoms with Crippen molar-refractivity contribution in [2.45, 2.75) is 6.54 Å². The second-order valence-corrected chi connectivity index (χ2v) is 3.78. The predicted molar refractivity (Wildman–Crippen MR) is 66.0 cm³/mol. The molecule has 1 heterocycles. The van der Waals surface area contributed by atoms with Gasteiger partial charge < -0.3 is 5.73 Å². The second kappa shape index (κ2) is 3.58. The largest absolute Gasteiger partial charge is 0.325 e. The maximum atomic E-state index is 5.61. The topological polar surface area (TPSA) is 38.9 Å². The zero-order chi connectivity index (χ0) is 11.0. The summed E-state index contributed by atoms with van der Waals surface area (Å²) in [6, 6.07) is 17.4. The molecule has 16 heavy (non-hydrogen) atoms. The monoisotopic (exact) mass is 207 g/mol. The van der Waals surface area contributed by atoms with E-state index in [4.69, 9.17) is 5.73 Å². The van der Waals surface area contributed by atoms with Gasteiger partial charge in [-0.15, -0.1) is 35.0 Å². The fraction of sp³-hybridized carbons (Fsp3) is 0.0714. The summed E-state index contributed by atoms with van der Waals surface area (Å²) in [5.74, 6) is 0. The number of hydrogen-bond donors (Lipinski definition) is 1. The number of fused-ring (bicyclic) bond motifs is 3. The van der Waals surface area contributed by atoms with Gasteiger partial charge in [-0.1, -0.05) is 18.2 Å². The molecule has 0 saturated heterocycles. The quantitative estimate of drug-likeness (QED) is 0.492. The number of nitrogens with zero attached hydrogens (tertiary/aromatic N) is 1. The van der Waals surface area contributed by atoms with Crippen molar-refractivity contribution in [1.82, 2.24) is 4.98 Å². The third kappa shape index (κ3) is 1.35.